The van der Waals surface area contributed by atoms with Crippen LogP contribution in [0.5, 0.6) is 11.5 Å². The van der Waals surface area contributed by atoms with E-state index in [2.05, 4.69) is 22.2 Å². The van der Waals surface area contributed by atoms with Crippen LogP contribution in [0.2, 0.25) is 5.02 Å². The van der Waals surface area contributed by atoms with Gasteiger partial charge in [-0.3, -0.25) is 14.5 Å². The number of carbonyl (C=O) groups is 3. The van der Waals surface area contributed by atoms with Crippen molar-refractivity contribution in [3.8, 4) is 11.5 Å². The minimum absolute atomic E-state index is 0.164. The van der Waals surface area contributed by atoms with E-state index < -0.39 is 6.03 Å². The van der Waals surface area contributed by atoms with E-state index in [0.717, 1.165) is 0 Å². The van der Waals surface area contributed by atoms with Gasteiger partial charge in [0.05, 0.1) is 27.5 Å². The van der Waals surface area contributed by atoms with Crippen molar-refractivity contribution in [3.05, 3.63) is 83.3 Å². The quantitative estimate of drug-likeness (QED) is 0.236. The van der Waals surface area contributed by atoms with Crippen molar-refractivity contribution in [2.45, 2.75) is 26.3 Å². The molecule has 1 unspecified atom stereocenters. The molecule has 41 heavy (non-hydrogen) atoms. The van der Waals surface area contributed by atoms with Gasteiger partial charge in [0.1, 0.15) is 21.2 Å². The van der Waals surface area contributed by atoms with E-state index >= 15 is 0 Å². The van der Waals surface area contributed by atoms with Crippen LogP contribution in [0.1, 0.15) is 29.9 Å². The van der Waals surface area contributed by atoms with Crippen LogP contribution in [-0.2, 0) is 4.79 Å². The average molecular weight is 590 g/mol. The summed E-state index contributed by atoms with van der Waals surface area (Å²) < 4.78 is 5.87. The third kappa shape index (κ3) is 5.48. The Hall–Kier alpha value is -4.41. The zero-order valence-electron chi connectivity index (χ0n) is 22.5. The number of ether oxygens (including phenoxy) is 1. The molecule has 1 fully saturated rings. The van der Waals surface area contributed by atoms with Crippen molar-refractivity contribution in [2.24, 2.45) is 0 Å². The Morgan fingerprint density at radius 1 is 1.15 bits per heavy atom. The van der Waals surface area contributed by atoms with Crippen LogP contribution in [0.3, 0.4) is 0 Å². The number of nitrogens with one attached hydrogen (secondary N) is 2. The van der Waals surface area contributed by atoms with Crippen molar-refractivity contribution >= 4 is 68.1 Å². The van der Waals surface area contributed by atoms with Gasteiger partial charge in [-0.2, -0.15) is 0 Å². The molecule has 0 bridgehead atoms. The molecule has 0 saturated carbocycles. The van der Waals surface area contributed by atoms with Gasteiger partial charge in [-0.1, -0.05) is 50.2 Å². The minimum atomic E-state index is -0.454. The number of urea groups is 1. The van der Waals surface area contributed by atoms with E-state index in [-0.39, 0.29) is 17.9 Å². The molecule has 1 saturated heterocycles. The van der Waals surface area contributed by atoms with Crippen LogP contribution in [0.4, 0.5) is 21.9 Å². The number of rotatable bonds is 6. The number of carbonyl (C=O) groups excluding carboxylic acids is 3. The molecule has 0 aliphatic carbocycles. The van der Waals surface area contributed by atoms with Gasteiger partial charge in [0.15, 0.2) is 0 Å². The maximum atomic E-state index is 13.4. The summed E-state index contributed by atoms with van der Waals surface area (Å²) in [6, 6.07) is 15.5. The predicted octanol–water partition coefficient (Wildman–Crippen LogP) is 6.97. The van der Waals surface area contributed by atoms with Gasteiger partial charge in [0.25, 0.3) is 5.91 Å². The van der Waals surface area contributed by atoms with Gasteiger partial charge in [-0.05, 0) is 42.8 Å². The van der Waals surface area contributed by atoms with E-state index in [0.29, 0.717) is 68.2 Å². The number of amides is 4. The first-order valence-corrected chi connectivity index (χ1v) is 14.4. The lowest BCUT2D eigenvalue weighted by atomic mass is 10.1. The highest BCUT2D eigenvalue weighted by Gasteiger charge is 2.35. The van der Waals surface area contributed by atoms with Gasteiger partial charge in [0.2, 0.25) is 5.91 Å². The highest BCUT2D eigenvalue weighted by atomic mass is 35.5. The Balaban J connectivity index is 0.00000165. The molecule has 4 amide bonds. The first-order valence-electron chi connectivity index (χ1n) is 13.2. The van der Waals surface area contributed by atoms with Crippen molar-refractivity contribution in [2.75, 3.05) is 23.3 Å². The van der Waals surface area contributed by atoms with Crippen molar-refractivity contribution < 1.29 is 19.1 Å². The van der Waals surface area contributed by atoms with E-state index in [1.54, 1.807) is 35.4 Å². The van der Waals surface area contributed by atoms with Crippen LogP contribution < -0.4 is 20.3 Å². The van der Waals surface area contributed by atoms with E-state index in [1.165, 1.54) is 22.3 Å². The van der Waals surface area contributed by atoms with Gasteiger partial charge in [-0.25, -0.2) is 9.78 Å². The fourth-order valence-corrected chi connectivity index (χ4v) is 6.08. The maximum Gasteiger partial charge on any atom is 0.331 e. The Morgan fingerprint density at radius 3 is 2.66 bits per heavy atom. The zero-order valence-corrected chi connectivity index (χ0v) is 24.1. The summed E-state index contributed by atoms with van der Waals surface area (Å²) >= 11 is 7.84. The molecule has 6 rings (SSSR count). The van der Waals surface area contributed by atoms with E-state index in [9.17, 15) is 14.4 Å². The molecule has 0 spiro atoms. The summed E-state index contributed by atoms with van der Waals surface area (Å²) in [6.07, 6.45) is 3.50. The number of hydrogen-bond acceptors (Lipinski definition) is 6. The Labute approximate surface area is 246 Å². The summed E-state index contributed by atoms with van der Waals surface area (Å²) in [6.45, 7) is 8.47. The number of halogens is 1. The summed E-state index contributed by atoms with van der Waals surface area (Å²) in [4.78, 5) is 47.1. The summed E-state index contributed by atoms with van der Waals surface area (Å²) in [7, 11) is 0. The van der Waals surface area contributed by atoms with Crippen LogP contribution >= 0.6 is 22.9 Å². The third-order valence-corrected chi connectivity index (χ3v) is 8.00. The molecular weight excluding hydrogens is 562 g/mol. The van der Waals surface area contributed by atoms with E-state index in [1.807, 2.05) is 44.2 Å². The average Bonchev–Trinajstić information content (AvgIpc) is 3.61. The van der Waals surface area contributed by atoms with Crippen molar-refractivity contribution in [1.82, 2.24) is 15.2 Å². The molecule has 2 aromatic carbocycles. The van der Waals surface area contributed by atoms with Crippen LogP contribution in [-0.4, -0.2) is 46.9 Å². The molecule has 0 radical (unpaired) electrons. The standard InChI is InChI=1S/C28H22ClN5O4S.C2H6/c1-2-22(35)33-13-11-16(15-33)31-26(36)25-24-23-21(10-12-30-27(23)39-25)34(28(37)32-24)20-9-8-18(14-19(20)29)38-17-6-4-3-5-7-17;1-2/h2-10,12,14,16H,1,11,13,15H2,(H,31,36)(H,32,37);1-2H3. The number of benzene rings is 2. The molecule has 11 heteroatoms. The van der Waals surface area contributed by atoms with E-state index in [4.69, 9.17) is 16.3 Å². The van der Waals surface area contributed by atoms with Gasteiger partial charge < -0.3 is 20.3 Å². The summed E-state index contributed by atoms with van der Waals surface area (Å²) in [5.74, 6) is 0.705. The molecule has 2 aromatic heterocycles. The Morgan fingerprint density at radius 2 is 1.93 bits per heavy atom. The molecule has 4 heterocycles. The summed E-state index contributed by atoms with van der Waals surface area (Å²) in [5, 5.41) is 6.84. The van der Waals surface area contributed by atoms with Gasteiger partial charge in [-0.15, -0.1) is 11.3 Å². The number of aromatic nitrogens is 1. The van der Waals surface area contributed by atoms with Crippen molar-refractivity contribution in [3.63, 3.8) is 0 Å². The van der Waals surface area contributed by atoms with Gasteiger partial charge >= 0.3 is 6.03 Å². The predicted molar refractivity (Wildman–Crippen MR) is 163 cm³/mol. The third-order valence-electron chi connectivity index (χ3n) is 6.60. The SMILES string of the molecule is C=CC(=O)N1CCC(NC(=O)c2sc3nccc4c3c2NC(=O)N4c2ccc(Oc3ccccc3)cc2Cl)C1.CC. The molecule has 2 aliphatic heterocycles. The molecule has 9 nitrogen and oxygen atoms in total. The van der Waals surface area contributed by atoms with Crippen LogP contribution in [0.25, 0.3) is 10.2 Å². The Bertz CT molecular complexity index is 1640. The fourth-order valence-electron chi connectivity index (χ4n) is 4.80. The fraction of sp³-hybridized carbons (Fsp3) is 0.200. The first-order chi connectivity index (χ1) is 19.9. The number of nitrogens with zero attached hydrogens (tertiary/aromatic N) is 3. The van der Waals surface area contributed by atoms with Crippen LogP contribution in [0, 0.1) is 0 Å². The smallest absolute Gasteiger partial charge is 0.331 e. The maximum absolute atomic E-state index is 13.4. The second-order valence-electron chi connectivity index (χ2n) is 9.06. The van der Waals surface area contributed by atoms with Gasteiger partial charge in [0, 0.05) is 31.4 Å². The lowest BCUT2D eigenvalue weighted by Crippen LogP contribution is -2.39. The second-order valence-corrected chi connectivity index (χ2v) is 10.5. The number of para-hydroxylation sites is 1. The molecule has 1 atom stereocenters. The molecular formula is C30H28ClN5O4S. The Kier molecular flexibility index (Phi) is 8.23. The molecule has 2 aliphatic rings. The topological polar surface area (TPSA) is 104 Å². The monoisotopic (exact) mass is 589 g/mol. The minimum Gasteiger partial charge on any atom is -0.457 e. The first kappa shape index (κ1) is 28.1. The number of likely N-dealkylation sites (tertiary alicyclic amines) is 1. The number of thiophene rings is 1. The second kappa shape index (κ2) is 12.0. The normalized spacial score (nSPS) is 15.6. The molecule has 2 N–H and O–H groups in total. The zero-order chi connectivity index (χ0) is 29.1. The highest BCUT2D eigenvalue weighted by molar-refractivity contribution is 7.21. The van der Waals surface area contributed by atoms with Crippen LogP contribution in [0.15, 0.2) is 73.4 Å². The number of anilines is 3. The number of pyridine rings is 1. The molecule has 4 aromatic rings. The highest BCUT2D eigenvalue weighted by Crippen LogP contribution is 2.47. The lowest BCUT2D eigenvalue weighted by molar-refractivity contribution is -0.125. The lowest BCUT2D eigenvalue weighted by Gasteiger charge is -2.29. The number of hydrogen-bond donors (Lipinski definition) is 2. The summed E-state index contributed by atoms with van der Waals surface area (Å²) in [5.41, 5.74) is 1.44. The molecule has 210 valence electrons. The largest absolute Gasteiger partial charge is 0.457 e. The van der Waals surface area contributed by atoms with Crippen molar-refractivity contribution in [1.29, 1.82) is 0 Å².